The van der Waals surface area contributed by atoms with E-state index in [0.717, 1.165) is 51.5 Å². The van der Waals surface area contributed by atoms with Crippen LogP contribution in [0.25, 0.3) is 0 Å². The van der Waals surface area contributed by atoms with Gasteiger partial charge in [-0.3, -0.25) is 24.1 Å². The first-order valence-electron chi connectivity index (χ1n) is 17.6. The van der Waals surface area contributed by atoms with Crippen LogP contribution < -0.4 is 5.32 Å². The van der Waals surface area contributed by atoms with Gasteiger partial charge in [0.1, 0.15) is 12.1 Å². The second-order valence-electron chi connectivity index (χ2n) is 15.7. The molecule has 3 heterocycles. The number of carbonyl (C=O) groups is 4. The Hall–Kier alpha value is -2.42. The molecule has 4 amide bonds. The Kier molecular flexibility index (Phi) is 12.7. The SMILES string of the molecule is C/C(=C\[C@H](C(C)C)N(C)C(=O)[C@@H](NC(=O)C1CCCCN1C(C)C)C(C)(C)C)C(=O)N1CCC[C@H]1C(=O)N1C(C)CCCC1C. The summed E-state index contributed by atoms with van der Waals surface area (Å²) in [4.78, 5) is 63.1. The van der Waals surface area contributed by atoms with E-state index in [9.17, 15) is 19.2 Å². The number of nitrogens with one attached hydrogen (secondary N) is 1. The third-order valence-electron chi connectivity index (χ3n) is 10.4. The number of amides is 4. The molecule has 0 aromatic heterocycles. The highest BCUT2D eigenvalue weighted by Crippen LogP contribution is 2.30. The van der Waals surface area contributed by atoms with E-state index in [1.807, 2.05) is 45.6 Å². The lowest BCUT2D eigenvalue weighted by Crippen LogP contribution is -2.60. The molecule has 0 bridgehead atoms. The van der Waals surface area contributed by atoms with Crippen LogP contribution in [-0.2, 0) is 19.2 Å². The molecule has 3 saturated heterocycles. The molecule has 3 aliphatic heterocycles. The van der Waals surface area contributed by atoms with Crippen LogP contribution in [0.2, 0.25) is 0 Å². The van der Waals surface area contributed by atoms with Crippen molar-refractivity contribution in [3.8, 4) is 0 Å². The monoisotopic (exact) mass is 629 g/mol. The van der Waals surface area contributed by atoms with Crippen molar-refractivity contribution >= 4 is 23.6 Å². The van der Waals surface area contributed by atoms with Crippen molar-refractivity contribution < 1.29 is 19.2 Å². The molecule has 3 rings (SSSR count). The van der Waals surface area contributed by atoms with Crippen molar-refractivity contribution in [2.24, 2.45) is 11.3 Å². The Bertz CT molecular complexity index is 1090. The lowest BCUT2D eigenvalue weighted by molar-refractivity contribution is -0.146. The first-order chi connectivity index (χ1) is 21.0. The summed E-state index contributed by atoms with van der Waals surface area (Å²) < 4.78 is 0. The summed E-state index contributed by atoms with van der Waals surface area (Å²) in [5.41, 5.74) is 0.0271. The molecule has 1 N–H and O–H groups in total. The van der Waals surface area contributed by atoms with Crippen LogP contribution in [0.4, 0.5) is 0 Å². The number of likely N-dealkylation sites (N-methyl/N-ethyl adjacent to an activating group) is 1. The predicted octanol–water partition coefficient (Wildman–Crippen LogP) is 4.99. The van der Waals surface area contributed by atoms with E-state index < -0.39 is 17.5 Å². The molecule has 0 spiro atoms. The molecule has 3 unspecified atom stereocenters. The third-order valence-corrected chi connectivity index (χ3v) is 10.4. The van der Waals surface area contributed by atoms with Gasteiger partial charge >= 0.3 is 0 Å². The number of piperidine rings is 2. The first kappa shape index (κ1) is 37.0. The highest BCUT2D eigenvalue weighted by Gasteiger charge is 2.42. The van der Waals surface area contributed by atoms with Gasteiger partial charge in [0.2, 0.25) is 23.6 Å². The summed E-state index contributed by atoms with van der Waals surface area (Å²) in [6.07, 6.45) is 9.37. The van der Waals surface area contributed by atoms with Crippen LogP contribution in [0.15, 0.2) is 11.6 Å². The predicted molar refractivity (Wildman–Crippen MR) is 180 cm³/mol. The molecule has 9 heteroatoms. The fraction of sp³-hybridized carbons (Fsp3) is 0.833. The van der Waals surface area contributed by atoms with Crippen molar-refractivity contribution in [3.05, 3.63) is 11.6 Å². The molecule has 0 aliphatic carbocycles. The molecule has 0 aromatic carbocycles. The molecule has 45 heavy (non-hydrogen) atoms. The van der Waals surface area contributed by atoms with E-state index in [0.29, 0.717) is 18.5 Å². The van der Waals surface area contributed by atoms with Crippen molar-refractivity contribution in [1.29, 1.82) is 0 Å². The van der Waals surface area contributed by atoms with Crippen LogP contribution in [-0.4, -0.2) is 106 Å². The maximum absolute atomic E-state index is 14.2. The van der Waals surface area contributed by atoms with Gasteiger partial charge in [-0.15, -0.1) is 0 Å². The number of nitrogens with zero attached hydrogens (tertiary/aromatic N) is 4. The third kappa shape index (κ3) is 8.69. The van der Waals surface area contributed by atoms with E-state index in [-0.39, 0.29) is 59.8 Å². The van der Waals surface area contributed by atoms with Crippen molar-refractivity contribution in [2.75, 3.05) is 20.1 Å². The lowest BCUT2D eigenvalue weighted by Gasteiger charge is -2.42. The van der Waals surface area contributed by atoms with E-state index in [2.05, 4.69) is 37.9 Å². The number of carbonyl (C=O) groups excluding carboxylic acids is 4. The van der Waals surface area contributed by atoms with E-state index in [4.69, 9.17) is 0 Å². The molecule has 3 fully saturated rings. The fourth-order valence-corrected chi connectivity index (χ4v) is 7.69. The van der Waals surface area contributed by atoms with E-state index >= 15 is 0 Å². The topological polar surface area (TPSA) is 93.3 Å². The highest BCUT2D eigenvalue weighted by molar-refractivity contribution is 5.97. The maximum Gasteiger partial charge on any atom is 0.249 e. The minimum absolute atomic E-state index is 0.0267. The van der Waals surface area contributed by atoms with Gasteiger partial charge in [0.25, 0.3) is 0 Å². The molecule has 6 atom stereocenters. The zero-order chi connectivity index (χ0) is 33.8. The molecule has 9 nitrogen and oxygen atoms in total. The Balaban J connectivity index is 1.80. The second kappa shape index (κ2) is 15.4. The number of hydrogen-bond acceptors (Lipinski definition) is 5. The van der Waals surface area contributed by atoms with E-state index in [1.54, 1.807) is 23.8 Å². The summed E-state index contributed by atoms with van der Waals surface area (Å²) in [6, 6.07) is -1.14. The smallest absolute Gasteiger partial charge is 0.249 e. The Morgan fingerprint density at radius 1 is 0.844 bits per heavy atom. The van der Waals surface area contributed by atoms with Crippen LogP contribution in [0, 0.1) is 11.3 Å². The summed E-state index contributed by atoms with van der Waals surface area (Å²) in [6.45, 7) is 21.7. The fourth-order valence-electron chi connectivity index (χ4n) is 7.69. The molecular weight excluding hydrogens is 566 g/mol. The van der Waals surface area contributed by atoms with Crippen LogP contribution >= 0.6 is 0 Å². The quantitative estimate of drug-likeness (QED) is 0.363. The minimum atomic E-state index is -0.717. The van der Waals surface area contributed by atoms with Gasteiger partial charge in [0, 0.05) is 37.3 Å². The average Bonchev–Trinajstić information content (AvgIpc) is 3.46. The Morgan fingerprint density at radius 2 is 1.44 bits per heavy atom. The standard InChI is InChI=1S/C36H63N5O4/c1-23(2)30(22-25(5)33(43)40-21-15-19-29(40)34(44)41-26(6)16-14-17-27(41)7)38(11)35(45)31(36(8,9)10)37-32(42)28-18-12-13-20-39(28)24(3)4/h22-24,26-31H,12-21H2,1-11H3,(H,37,42)/b25-22+/t26?,27?,28?,29-,30+,31+/m0/s1. The van der Waals surface area contributed by atoms with Gasteiger partial charge in [0.05, 0.1) is 12.1 Å². The van der Waals surface area contributed by atoms with Gasteiger partial charge in [-0.1, -0.05) is 47.1 Å². The number of rotatable bonds is 9. The molecule has 3 aliphatic rings. The molecule has 0 saturated carbocycles. The molecular formula is C36H63N5O4. The van der Waals surface area contributed by atoms with Crippen molar-refractivity contribution in [1.82, 2.24) is 24.9 Å². The number of likely N-dealkylation sites (tertiary alicyclic amines) is 3. The van der Waals surface area contributed by atoms with Gasteiger partial charge in [-0.2, -0.15) is 0 Å². The van der Waals surface area contributed by atoms with Crippen LogP contribution in [0.1, 0.15) is 121 Å². The zero-order valence-corrected chi connectivity index (χ0v) is 30.2. The zero-order valence-electron chi connectivity index (χ0n) is 30.2. The Labute approximate surface area is 273 Å². The molecule has 0 aromatic rings. The van der Waals surface area contributed by atoms with Gasteiger partial charge in [0.15, 0.2) is 0 Å². The summed E-state index contributed by atoms with van der Waals surface area (Å²) >= 11 is 0. The van der Waals surface area contributed by atoms with Crippen LogP contribution in [0.3, 0.4) is 0 Å². The lowest BCUT2D eigenvalue weighted by atomic mass is 9.84. The first-order valence-corrected chi connectivity index (χ1v) is 17.6. The number of hydrogen-bond donors (Lipinski definition) is 1. The highest BCUT2D eigenvalue weighted by atomic mass is 16.2. The second-order valence-corrected chi connectivity index (χ2v) is 15.7. The maximum atomic E-state index is 14.2. The summed E-state index contributed by atoms with van der Waals surface area (Å²) in [7, 11) is 1.77. The van der Waals surface area contributed by atoms with Gasteiger partial charge in [-0.25, -0.2) is 0 Å². The summed E-state index contributed by atoms with van der Waals surface area (Å²) in [5, 5.41) is 3.15. The molecule has 0 radical (unpaired) electrons. The normalized spacial score (nSPS) is 26.6. The Morgan fingerprint density at radius 3 is 2.00 bits per heavy atom. The van der Waals surface area contributed by atoms with Gasteiger partial charge in [-0.05, 0) is 97.4 Å². The average molecular weight is 630 g/mol. The van der Waals surface area contributed by atoms with Crippen LogP contribution in [0.5, 0.6) is 0 Å². The van der Waals surface area contributed by atoms with E-state index in [1.165, 1.54) is 0 Å². The van der Waals surface area contributed by atoms with Gasteiger partial charge < -0.3 is 20.0 Å². The minimum Gasteiger partial charge on any atom is -0.342 e. The van der Waals surface area contributed by atoms with Crippen molar-refractivity contribution in [3.63, 3.8) is 0 Å². The van der Waals surface area contributed by atoms with Crippen molar-refractivity contribution in [2.45, 2.75) is 163 Å². The largest absolute Gasteiger partial charge is 0.342 e. The molecule has 256 valence electrons. The summed E-state index contributed by atoms with van der Waals surface area (Å²) in [5.74, 6) is -0.297.